The molecule has 0 saturated heterocycles. The van der Waals surface area contributed by atoms with Crippen molar-refractivity contribution in [3.05, 3.63) is 41.2 Å². The minimum atomic E-state index is -0.257. The lowest BCUT2D eigenvalue weighted by atomic mass is 10.2. The summed E-state index contributed by atoms with van der Waals surface area (Å²) in [6.07, 6.45) is 0.770. The van der Waals surface area contributed by atoms with Gasteiger partial charge in [-0.1, -0.05) is 0 Å². The van der Waals surface area contributed by atoms with Gasteiger partial charge in [0.25, 0.3) is 0 Å². The fourth-order valence-electron chi connectivity index (χ4n) is 1.88. The van der Waals surface area contributed by atoms with Crippen molar-refractivity contribution in [2.45, 2.75) is 6.42 Å². The van der Waals surface area contributed by atoms with Crippen molar-refractivity contribution >= 4 is 16.3 Å². The van der Waals surface area contributed by atoms with Gasteiger partial charge in [-0.15, -0.1) is 21.5 Å². The number of rotatable bonds is 3. The van der Waals surface area contributed by atoms with Gasteiger partial charge in [0.15, 0.2) is 5.82 Å². The molecule has 3 rings (SSSR count). The van der Waals surface area contributed by atoms with Crippen LogP contribution < -0.4 is 5.73 Å². The van der Waals surface area contributed by atoms with Crippen molar-refractivity contribution in [2.75, 3.05) is 6.54 Å². The zero-order valence-electron chi connectivity index (χ0n) is 9.51. The summed E-state index contributed by atoms with van der Waals surface area (Å²) >= 11 is 1.53. The Morgan fingerprint density at radius 2 is 2.00 bits per heavy atom. The molecule has 0 amide bonds. The number of hydrogen-bond donors (Lipinski definition) is 1. The third-order valence-corrected chi connectivity index (χ3v) is 3.59. The second-order valence-electron chi connectivity index (χ2n) is 3.91. The molecule has 0 fully saturated rings. The molecule has 6 heteroatoms. The summed E-state index contributed by atoms with van der Waals surface area (Å²) in [6.45, 7) is 0.576. The molecular weight excluding hydrogens is 251 g/mol. The van der Waals surface area contributed by atoms with E-state index in [1.807, 2.05) is 9.78 Å². The lowest BCUT2D eigenvalue weighted by Crippen LogP contribution is -2.05. The van der Waals surface area contributed by atoms with E-state index in [0.717, 1.165) is 28.5 Å². The number of hydrogen-bond acceptors (Lipinski definition) is 4. The summed E-state index contributed by atoms with van der Waals surface area (Å²) < 4.78 is 14.9. The van der Waals surface area contributed by atoms with E-state index in [-0.39, 0.29) is 5.82 Å². The molecule has 2 aromatic heterocycles. The first-order chi connectivity index (χ1) is 8.79. The van der Waals surface area contributed by atoms with Crippen LogP contribution in [0.25, 0.3) is 16.3 Å². The molecule has 3 aromatic rings. The molecule has 0 spiro atoms. The number of halogens is 1. The van der Waals surface area contributed by atoms with Gasteiger partial charge in [0.05, 0.1) is 0 Å². The standard InChI is InChI=1S/C12H11FN4S/c13-9-3-1-8(2-4-9)11-15-16-12-17(11)10(5-6-14)7-18-12/h1-4,7H,5-6,14H2. The Hall–Kier alpha value is -1.79. The van der Waals surface area contributed by atoms with Gasteiger partial charge in [-0.05, 0) is 30.8 Å². The first-order valence-corrected chi connectivity index (χ1v) is 6.45. The highest BCUT2D eigenvalue weighted by molar-refractivity contribution is 7.15. The van der Waals surface area contributed by atoms with E-state index in [9.17, 15) is 4.39 Å². The fraction of sp³-hybridized carbons (Fsp3) is 0.167. The van der Waals surface area contributed by atoms with Crippen LogP contribution in [0.2, 0.25) is 0 Å². The number of thiazole rings is 1. The molecule has 2 N–H and O–H groups in total. The van der Waals surface area contributed by atoms with E-state index in [0.29, 0.717) is 6.54 Å². The second kappa shape index (κ2) is 4.47. The van der Waals surface area contributed by atoms with Gasteiger partial charge in [-0.3, -0.25) is 4.40 Å². The molecule has 0 aliphatic heterocycles. The van der Waals surface area contributed by atoms with E-state index in [4.69, 9.17) is 5.73 Å². The van der Waals surface area contributed by atoms with Gasteiger partial charge in [0, 0.05) is 23.1 Å². The normalized spacial score (nSPS) is 11.2. The minimum Gasteiger partial charge on any atom is -0.330 e. The molecule has 4 nitrogen and oxygen atoms in total. The number of benzene rings is 1. The monoisotopic (exact) mass is 262 g/mol. The zero-order valence-corrected chi connectivity index (χ0v) is 10.3. The Bertz CT molecular complexity index is 671. The lowest BCUT2D eigenvalue weighted by molar-refractivity contribution is 0.628. The van der Waals surface area contributed by atoms with Gasteiger partial charge >= 0.3 is 0 Å². The molecule has 92 valence electrons. The quantitative estimate of drug-likeness (QED) is 0.786. The lowest BCUT2D eigenvalue weighted by Gasteiger charge is -2.01. The molecule has 0 unspecified atom stereocenters. The number of nitrogens with zero attached hydrogens (tertiary/aromatic N) is 3. The molecule has 0 radical (unpaired) electrons. The van der Waals surface area contributed by atoms with E-state index < -0.39 is 0 Å². The Morgan fingerprint density at radius 3 is 2.72 bits per heavy atom. The van der Waals surface area contributed by atoms with Crippen LogP contribution in [0, 0.1) is 5.82 Å². The van der Waals surface area contributed by atoms with Crippen LogP contribution in [0.3, 0.4) is 0 Å². The third kappa shape index (κ3) is 1.79. The molecular formula is C12H11FN4S. The van der Waals surface area contributed by atoms with E-state index in [2.05, 4.69) is 10.2 Å². The van der Waals surface area contributed by atoms with Crippen molar-refractivity contribution in [1.82, 2.24) is 14.6 Å². The van der Waals surface area contributed by atoms with Gasteiger partial charge in [-0.2, -0.15) is 0 Å². The van der Waals surface area contributed by atoms with Gasteiger partial charge < -0.3 is 5.73 Å². The fourth-order valence-corrected chi connectivity index (χ4v) is 2.74. The van der Waals surface area contributed by atoms with E-state index in [1.165, 1.54) is 23.5 Å². The minimum absolute atomic E-state index is 0.257. The summed E-state index contributed by atoms with van der Waals surface area (Å²) in [4.78, 5) is 0.831. The average molecular weight is 262 g/mol. The van der Waals surface area contributed by atoms with Crippen LogP contribution in [0.4, 0.5) is 4.39 Å². The van der Waals surface area contributed by atoms with Crippen LogP contribution in [0.1, 0.15) is 5.69 Å². The third-order valence-electron chi connectivity index (χ3n) is 2.72. The molecule has 0 aliphatic carbocycles. The SMILES string of the molecule is NCCc1csc2nnc(-c3ccc(F)cc3)n12. The molecule has 0 atom stereocenters. The van der Waals surface area contributed by atoms with Gasteiger partial charge in [0.1, 0.15) is 5.82 Å². The van der Waals surface area contributed by atoms with Crippen LogP contribution in [-0.2, 0) is 6.42 Å². The highest BCUT2D eigenvalue weighted by Gasteiger charge is 2.13. The van der Waals surface area contributed by atoms with Crippen LogP contribution in [0.5, 0.6) is 0 Å². The Kier molecular flexibility index (Phi) is 2.81. The predicted octanol–water partition coefficient (Wildman–Crippen LogP) is 2.10. The maximum atomic E-state index is 12.9. The van der Waals surface area contributed by atoms with Gasteiger partial charge in [-0.25, -0.2) is 4.39 Å². The second-order valence-corrected chi connectivity index (χ2v) is 4.75. The summed E-state index contributed by atoms with van der Waals surface area (Å²) in [5, 5.41) is 10.3. The smallest absolute Gasteiger partial charge is 0.216 e. The molecule has 1 aromatic carbocycles. The number of aromatic nitrogens is 3. The maximum absolute atomic E-state index is 12.9. The first kappa shape index (κ1) is 11.3. The zero-order chi connectivity index (χ0) is 12.5. The largest absolute Gasteiger partial charge is 0.330 e. The van der Waals surface area contributed by atoms with Crippen LogP contribution >= 0.6 is 11.3 Å². The molecule has 18 heavy (non-hydrogen) atoms. The van der Waals surface area contributed by atoms with Crippen molar-refractivity contribution < 1.29 is 4.39 Å². The molecule has 0 bridgehead atoms. The Morgan fingerprint density at radius 1 is 1.22 bits per heavy atom. The van der Waals surface area contributed by atoms with Crippen LogP contribution in [0.15, 0.2) is 29.6 Å². The maximum Gasteiger partial charge on any atom is 0.216 e. The molecule has 2 heterocycles. The summed E-state index contributed by atoms with van der Waals surface area (Å²) in [5.41, 5.74) is 7.52. The summed E-state index contributed by atoms with van der Waals surface area (Å²) in [5.74, 6) is 0.474. The van der Waals surface area contributed by atoms with E-state index in [1.54, 1.807) is 12.1 Å². The first-order valence-electron chi connectivity index (χ1n) is 5.57. The average Bonchev–Trinajstić information content (AvgIpc) is 2.94. The number of nitrogens with two attached hydrogens (primary N) is 1. The Balaban J connectivity index is 2.16. The van der Waals surface area contributed by atoms with Gasteiger partial charge in [0.2, 0.25) is 4.96 Å². The van der Waals surface area contributed by atoms with Crippen molar-refractivity contribution in [3.63, 3.8) is 0 Å². The summed E-state index contributed by atoms with van der Waals surface area (Å²) in [7, 11) is 0. The molecule has 0 aliphatic rings. The number of fused-ring (bicyclic) bond motifs is 1. The highest BCUT2D eigenvalue weighted by atomic mass is 32.1. The molecule has 0 saturated carbocycles. The highest BCUT2D eigenvalue weighted by Crippen LogP contribution is 2.24. The van der Waals surface area contributed by atoms with Crippen LogP contribution in [-0.4, -0.2) is 21.1 Å². The topological polar surface area (TPSA) is 56.2 Å². The van der Waals surface area contributed by atoms with Crippen molar-refractivity contribution in [3.8, 4) is 11.4 Å². The van der Waals surface area contributed by atoms with E-state index >= 15 is 0 Å². The predicted molar refractivity (Wildman–Crippen MR) is 69.0 cm³/mol. The van der Waals surface area contributed by atoms with Crippen molar-refractivity contribution in [1.29, 1.82) is 0 Å². The summed E-state index contributed by atoms with van der Waals surface area (Å²) in [6, 6.07) is 6.25. The van der Waals surface area contributed by atoms with Crippen molar-refractivity contribution in [2.24, 2.45) is 5.73 Å². The Labute approximate surface area is 107 Å².